The number of methoxy groups -OCH3 is 1. The van der Waals surface area contributed by atoms with Crippen molar-refractivity contribution in [2.75, 3.05) is 7.11 Å². The summed E-state index contributed by atoms with van der Waals surface area (Å²) in [5.74, 6) is -0.539. The largest absolute Gasteiger partial charge is 0.496 e. The molecule has 0 saturated carbocycles. The molecule has 3 aromatic rings. The lowest BCUT2D eigenvalue weighted by molar-refractivity contribution is -0.149. The first-order valence-electron chi connectivity index (χ1n) is 10.4. The molecule has 1 aromatic heterocycles. The van der Waals surface area contributed by atoms with Crippen LogP contribution in [-0.2, 0) is 29.1 Å². The highest BCUT2D eigenvalue weighted by Crippen LogP contribution is 2.25. The lowest BCUT2D eigenvalue weighted by Crippen LogP contribution is -2.48. The standard InChI is InChI=1S/C25H25N3O4/c1-17-12-19(8-10-23(17)32-2)14-27-16-26-20-15-28(22(25(30)31)13-21(20)27)24(29)11-9-18-6-4-3-5-7-18/h3-12,16,22H,13-15H2,1-2H3,(H,30,31)/b11-9+/t22-/m0/s1. The molecule has 1 atom stereocenters. The quantitative estimate of drug-likeness (QED) is 0.606. The Balaban J connectivity index is 1.55. The van der Waals surface area contributed by atoms with E-state index in [1.165, 1.54) is 11.0 Å². The summed E-state index contributed by atoms with van der Waals surface area (Å²) in [6.07, 6.45) is 5.05. The lowest BCUT2D eigenvalue weighted by Gasteiger charge is -2.32. The van der Waals surface area contributed by atoms with Crippen LogP contribution in [0.25, 0.3) is 6.08 Å². The average molecular weight is 431 g/mol. The van der Waals surface area contributed by atoms with Gasteiger partial charge < -0.3 is 19.3 Å². The van der Waals surface area contributed by atoms with Crippen LogP contribution in [0, 0.1) is 6.92 Å². The predicted octanol–water partition coefficient (Wildman–Crippen LogP) is 3.30. The van der Waals surface area contributed by atoms with E-state index in [0.29, 0.717) is 6.54 Å². The van der Waals surface area contributed by atoms with Gasteiger partial charge in [-0.1, -0.05) is 42.5 Å². The maximum atomic E-state index is 12.8. The Bertz CT molecular complexity index is 1170. The number of fused-ring (bicyclic) bond motifs is 1. The van der Waals surface area contributed by atoms with E-state index in [1.54, 1.807) is 19.5 Å². The van der Waals surface area contributed by atoms with Crippen molar-refractivity contribution in [2.45, 2.75) is 32.5 Å². The number of nitrogens with zero attached hydrogens (tertiary/aromatic N) is 3. The summed E-state index contributed by atoms with van der Waals surface area (Å²) in [5.41, 5.74) is 4.56. The highest BCUT2D eigenvalue weighted by molar-refractivity contribution is 5.94. The molecule has 32 heavy (non-hydrogen) atoms. The molecule has 2 heterocycles. The predicted molar refractivity (Wildman–Crippen MR) is 120 cm³/mol. The van der Waals surface area contributed by atoms with E-state index >= 15 is 0 Å². The number of carbonyl (C=O) groups is 2. The topological polar surface area (TPSA) is 84.7 Å². The summed E-state index contributed by atoms with van der Waals surface area (Å²) >= 11 is 0. The third kappa shape index (κ3) is 4.42. The van der Waals surface area contributed by atoms with Crippen molar-refractivity contribution < 1.29 is 19.4 Å². The van der Waals surface area contributed by atoms with E-state index in [2.05, 4.69) is 4.98 Å². The number of ether oxygens (including phenoxy) is 1. The highest BCUT2D eigenvalue weighted by Gasteiger charge is 2.36. The Hall–Kier alpha value is -3.87. The van der Waals surface area contributed by atoms with E-state index in [0.717, 1.165) is 33.8 Å². The first kappa shape index (κ1) is 21.4. The number of hydrogen-bond acceptors (Lipinski definition) is 4. The van der Waals surface area contributed by atoms with E-state index in [4.69, 9.17) is 4.74 Å². The highest BCUT2D eigenvalue weighted by atomic mass is 16.5. The molecule has 0 fully saturated rings. The van der Waals surface area contributed by atoms with Crippen LogP contribution in [0.1, 0.15) is 28.1 Å². The van der Waals surface area contributed by atoms with Crippen molar-refractivity contribution in [1.82, 2.24) is 14.5 Å². The van der Waals surface area contributed by atoms with Gasteiger partial charge in [0.1, 0.15) is 11.8 Å². The number of aliphatic carboxylic acids is 1. The SMILES string of the molecule is COc1ccc(Cn2cnc3c2C[C@@H](C(=O)O)N(C(=O)/C=C/c2ccccc2)C3)cc1C. The van der Waals surface area contributed by atoms with E-state index in [9.17, 15) is 14.7 Å². The van der Waals surface area contributed by atoms with Gasteiger partial charge in [0.2, 0.25) is 5.91 Å². The first-order chi connectivity index (χ1) is 15.5. The van der Waals surface area contributed by atoms with Crippen LogP contribution in [0.15, 0.2) is 60.9 Å². The number of rotatable bonds is 6. The van der Waals surface area contributed by atoms with Gasteiger partial charge in [0.05, 0.1) is 25.7 Å². The number of carbonyl (C=O) groups excluding carboxylic acids is 1. The Labute approximate surface area is 186 Å². The fourth-order valence-corrected chi connectivity index (χ4v) is 4.03. The van der Waals surface area contributed by atoms with Crippen LogP contribution < -0.4 is 4.74 Å². The second-order valence-corrected chi connectivity index (χ2v) is 7.84. The van der Waals surface area contributed by atoms with Crippen LogP contribution in [-0.4, -0.2) is 44.6 Å². The van der Waals surface area contributed by atoms with Crippen molar-refractivity contribution in [3.8, 4) is 5.75 Å². The van der Waals surface area contributed by atoms with Gasteiger partial charge in [0.25, 0.3) is 0 Å². The molecule has 4 rings (SSSR count). The fourth-order valence-electron chi connectivity index (χ4n) is 4.03. The molecule has 1 N–H and O–H groups in total. The summed E-state index contributed by atoms with van der Waals surface area (Å²) < 4.78 is 7.29. The molecule has 7 nitrogen and oxygen atoms in total. The Morgan fingerprint density at radius 2 is 2.00 bits per heavy atom. The third-order valence-corrected chi connectivity index (χ3v) is 5.71. The molecule has 164 valence electrons. The van der Waals surface area contributed by atoms with Crippen molar-refractivity contribution >= 4 is 18.0 Å². The zero-order valence-electron chi connectivity index (χ0n) is 18.1. The molecule has 1 amide bonds. The molecular weight excluding hydrogens is 406 g/mol. The second kappa shape index (κ2) is 9.09. The number of carboxylic acid groups (broad SMARTS) is 1. The van der Waals surface area contributed by atoms with Gasteiger partial charge in [-0.05, 0) is 35.8 Å². The summed E-state index contributed by atoms with van der Waals surface area (Å²) in [4.78, 5) is 30.7. The molecular formula is C25H25N3O4. The zero-order chi connectivity index (χ0) is 22.7. The fraction of sp³-hybridized carbons (Fsp3) is 0.240. The minimum absolute atomic E-state index is 0.166. The van der Waals surface area contributed by atoms with Crippen LogP contribution in [0.3, 0.4) is 0 Å². The number of hydrogen-bond donors (Lipinski definition) is 1. The number of imidazole rings is 1. The average Bonchev–Trinajstić information content (AvgIpc) is 3.19. The summed E-state index contributed by atoms with van der Waals surface area (Å²) in [7, 11) is 1.64. The molecule has 7 heteroatoms. The molecule has 0 aliphatic carbocycles. The van der Waals surface area contributed by atoms with Crippen LogP contribution in [0.5, 0.6) is 5.75 Å². The van der Waals surface area contributed by atoms with Crippen molar-refractivity contribution in [2.24, 2.45) is 0 Å². The molecule has 0 bridgehead atoms. The van der Waals surface area contributed by atoms with Gasteiger partial charge >= 0.3 is 5.97 Å². The van der Waals surface area contributed by atoms with Crippen molar-refractivity contribution in [3.63, 3.8) is 0 Å². The van der Waals surface area contributed by atoms with Gasteiger partial charge in [-0.25, -0.2) is 9.78 Å². The van der Waals surface area contributed by atoms with Gasteiger partial charge in [-0.15, -0.1) is 0 Å². The van der Waals surface area contributed by atoms with Gasteiger partial charge in [0, 0.05) is 24.7 Å². The lowest BCUT2D eigenvalue weighted by atomic mass is 10.0. The normalized spacial score (nSPS) is 15.6. The van der Waals surface area contributed by atoms with Gasteiger partial charge in [-0.3, -0.25) is 4.79 Å². The first-order valence-corrected chi connectivity index (χ1v) is 10.4. The van der Waals surface area contributed by atoms with Crippen molar-refractivity contribution in [3.05, 3.63) is 89.0 Å². The zero-order valence-corrected chi connectivity index (χ0v) is 18.1. The minimum atomic E-state index is -1.02. The maximum Gasteiger partial charge on any atom is 0.326 e. The minimum Gasteiger partial charge on any atom is -0.496 e. The van der Waals surface area contributed by atoms with Crippen LogP contribution in [0.4, 0.5) is 0 Å². The number of aryl methyl sites for hydroxylation is 1. The number of carboxylic acids is 1. The Morgan fingerprint density at radius 1 is 1.22 bits per heavy atom. The monoisotopic (exact) mass is 431 g/mol. The smallest absolute Gasteiger partial charge is 0.326 e. The van der Waals surface area contributed by atoms with E-state index in [-0.39, 0.29) is 18.9 Å². The maximum absolute atomic E-state index is 12.8. The molecule has 1 aliphatic heterocycles. The molecule has 0 spiro atoms. The van der Waals surface area contributed by atoms with E-state index < -0.39 is 12.0 Å². The summed E-state index contributed by atoms with van der Waals surface area (Å²) in [5, 5.41) is 9.82. The molecule has 1 aliphatic rings. The van der Waals surface area contributed by atoms with E-state index in [1.807, 2.05) is 60.0 Å². The van der Waals surface area contributed by atoms with Crippen LogP contribution in [0.2, 0.25) is 0 Å². The Kier molecular flexibility index (Phi) is 6.07. The Morgan fingerprint density at radius 3 is 2.69 bits per heavy atom. The molecule has 2 aromatic carbocycles. The van der Waals surface area contributed by atoms with Gasteiger partial charge in [-0.2, -0.15) is 0 Å². The molecule has 0 radical (unpaired) electrons. The number of benzene rings is 2. The molecule has 0 unspecified atom stereocenters. The second-order valence-electron chi connectivity index (χ2n) is 7.84. The number of aromatic nitrogens is 2. The van der Waals surface area contributed by atoms with Crippen molar-refractivity contribution in [1.29, 1.82) is 0 Å². The summed E-state index contributed by atoms with van der Waals surface area (Å²) in [6, 6.07) is 14.5. The summed E-state index contributed by atoms with van der Waals surface area (Å²) in [6.45, 7) is 2.72. The third-order valence-electron chi connectivity index (χ3n) is 5.71. The van der Waals surface area contributed by atoms with Crippen LogP contribution >= 0.6 is 0 Å². The number of amides is 1. The van der Waals surface area contributed by atoms with Gasteiger partial charge in [0.15, 0.2) is 0 Å². The molecule has 0 saturated heterocycles.